The van der Waals surface area contributed by atoms with Crippen LogP contribution in [0.15, 0.2) is 48.8 Å². The number of hydrogen-bond donors (Lipinski definition) is 1. The fourth-order valence-electron chi connectivity index (χ4n) is 9.16. The van der Waals surface area contributed by atoms with Crippen molar-refractivity contribution in [2.45, 2.75) is 102 Å². The lowest BCUT2D eigenvalue weighted by molar-refractivity contribution is 0.0734. The molecule has 2 aliphatic heterocycles. The molecule has 0 radical (unpaired) electrons. The third-order valence-corrected chi connectivity index (χ3v) is 17.7. The smallest absolute Gasteiger partial charge is 0.254 e. The molecule has 246 valence electrons. The van der Waals surface area contributed by atoms with Crippen LogP contribution in [0.5, 0.6) is 0 Å². The molecule has 1 fully saturated rings. The lowest BCUT2D eigenvalue weighted by atomic mass is 9.59. The SMILES string of the molecule is [2H]C([2H])([2H])N1C(=O)c2cccc(C#C[Si](C(C)C)(C(C)C)C(C)C)c2[C@H]2C[C@@H]1c1nc3ccc(-c4cnc(C5(N)CC(C)(C#N)C5)nc4)cc3n12. The van der Waals surface area contributed by atoms with Crippen LogP contribution < -0.4 is 5.73 Å². The van der Waals surface area contributed by atoms with Crippen molar-refractivity contribution in [3.05, 3.63) is 77.1 Å². The minimum atomic E-state index is -2.67. The molecule has 4 aromatic rings. The molecule has 2 N–H and O–H groups in total. The summed E-state index contributed by atoms with van der Waals surface area (Å²) in [5, 5.41) is 9.47. The van der Waals surface area contributed by atoms with Crippen LogP contribution in [0, 0.1) is 28.2 Å². The average molecular weight is 659 g/mol. The highest BCUT2D eigenvalue weighted by atomic mass is 28.3. The van der Waals surface area contributed by atoms with E-state index in [2.05, 4.69) is 73.6 Å². The van der Waals surface area contributed by atoms with Gasteiger partial charge in [-0.2, -0.15) is 5.26 Å². The normalized spacial score (nSPS) is 25.8. The number of benzene rings is 2. The lowest BCUT2D eigenvalue weighted by Gasteiger charge is -2.47. The van der Waals surface area contributed by atoms with E-state index in [4.69, 9.17) is 14.8 Å². The molecule has 3 aliphatic rings. The summed E-state index contributed by atoms with van der Waals surface area (Å²) in [4.78, 5) is 29.5. The van der Waals surface area contributed by atoms with Crippen LogP contribution >= 0.6 is 0 Å². The van der Waals surface area contributed by atoms with Crippen molar-refractivity contribution in [2.75, 3.05) is 6.98 Å². The highest BCUT2D eigenvalue weighted by Crippen LogP contribution is 2.51. The van der Waals surface area contributed by atoms with E-state index in [1.54, 1.807) is 18.5 Å². The Bertz CT molecular complexity index is 2140. The number of nitriles is 1. The number of hydrogen-bond acceptors (Lipinski definition) is 6. The number of aromatic nitrogens is 4. The molecule has 4 heterocycles. The van der Waals surface area contributed by atoms with Crippen molar-refractivity contribution in [2.24, 2.45) is 11.1 Å². The molecule has 0 saturated heterocycles. The van der Waals surface area contributed by atoms with Gasteiger partial charge in [-0.1, -0.05) is 59.6 Å². The van der Waals surface area contributed by atoms with Gasteiger partial charge in [0.2, 0.25) is 0 Å². The zero-order chi connectivity index (χ0) is 36.8. The molecule has 9 heteroatoms. The molecular weight excluding hydrogens is 611 g/mol. The Morgan fingerprint density at radius 2 is 1.71 bits per heavy atom. The van der Waals surface area contributed by atoms with E-state index >= 15 is 0 Å². The molecule has 2 bridgehead atoms. The average Bonchev–Trinajstić information content (AvgIpc) is 3.56. The van der Waals surface area contributed by atoms with E-state index in [0.717, 1.165) is 32.7 Å². The van der Waals surface area contributed by atoms with Crippen LogP contribution in [0.25, 0.3) is 22.2 Å². The van der Waals surface area contributed by atoms with E-state index in [-0.39, 0.29) is 6.04 Å². The molecular formula is C39H45N7OSi. The maximum Gasteiger partial charge on any atom is 0.254 e. The van der Waals surface area contributed by atoms with Crippen molar-refractivity contribution in [1.29, 1.82) is 5.26 Å². The number of rotatable bonds is 5. The number of carbonyl (C=O) groups is 1. The number of nitrogens with zero attached hydrogens (tertiary/aromatic N) is 6. The van der Waals surface area contributed by atoms with Crippen molar-refractivity contribution < 1.29 is 8.91 Å². The molecule has 2 aromatic heterocycles. The van der Waals surface area contributed by atoms with Crippen LogP contribution in [0.2, 0.25) is 16.6 Å². The van der Waals surface area contributed by atoms with E-state index in [0.29, 0.717) is 58.6 Å². The quantitative estimate of drug-likeness (QED) is 0.174. The summed E-state index contributed by atoms with van der Waals surface area (Å²) in [5.74, 6) is 4.17. The second kappa shape index (κ2) is 11.1. The minimum Gasteiger partial charge on any atom is -0.331 e. The summed E-state index contributed by atoms with van der Waals surface area (Å²) in [6.45, 7) is 12.9. The number of fused-ring (bicyclic) bond motifs is 9. The van der Waals surface area contributed by atoms with Gasteiger partial charge in [0.05, 0.1) is 40.1 Å². The Morgan fingerprint density at radius 1 is 1.02 bits per heavy atom. The molecule has 0 unspecified atom stereocenters. The Labute approximate surface area is 289 Å². The highest BCUT2D eigenvalue weighted by molar-refractivity contribution is 6.90. The first kappa shape index (κ1) is 28.7. The predicted octanol–water partition coefficient (Wildman–Crippen LogP) is 7.66. The fourth-order valence-corrected chi connectivity index (χ4v) is 14.4. The third-order valence-electron chi connectivity index (χ3n) is 11.4. The van der Waals surface area contributed by atoms with Gasteiger partial charge >= 0.3 is 0 Å². The van der Waals surface area contributed by atoms with Crippen LogP contribution in [0.4, 0.5) is 0 Å². The van der Waals surface area contributed by atoms with E-state index < -0.39 is 38.0 Å². The summed E-state index contributed by atoms with van der Waals surface area (Å²) >= 11 is 0. The van der Waals surface area contributed by atoms with Crippen LogP contribution in [-0.4, -0.2) is 45.4 Å². The molecule has 1 saturated carbocycles. The molecule has 8 nitrogen and oxygen atoms in total. The van der Waals surface area contributed by atoms with Gasteiger partial charge in [-0.15, -0.1) is 5.54 Å². The molecule has 48 heavy (non-hydrogen) atoms. The molecule has 1 aliphatic carbocycles. The van der Waals surface area contributed by atoms with E-state index in [1.165, 1.54) is 0 Å². The summed E-state index contributed by atoms with van der Waals surface area (Å²) in [6, 6.07) is 12.7. The zero-order valence-corrected chi connectivity index (χ0v) is 29.8. The lowest BCUT2D eigenvalue weighted by Crippen LogP contribution is -2.54. The summed E-state index contributed by atoms with van der Waals surface area (Å²) in [7, 11) is -2.12. The van der Waals surface area contributed by atoms with Crippen molar-refractivity contribution in [1.82, 2.24) is 24.4 Å². The zero-order valence-electron chi connectivity index (χ0n) is 31.8. The van der Waals surface area contributed by atoms with Gasteiger partial charge in [0, 0.05) is 52.2 Å². The Kier molecular flexibility index (Phi) is 6.64. The van der Waals surface area contributed by atoms with E-state index in [9.17, 15) is 10.1 Å². The second-order valence-electron chi connectivity index (χ2n) is 15.4. The highest BCUT2D eigenvalue weighted by Gasteiger charge is 2.53. The maximum absolute atomic E-state index is 14.2. The minimum absolute atomic E-state index is 0.348. The number of imidazole rings is 1. The Balaban J connectivity index is 1.37. The molecule has 0 spiro atoms. The topological polar surface area (TPSA) is 114 Å². The standard InChI is InChI=1S/C39H45N7OSi/c1-23(2)48(24(3)4,25(5)6)15-14-26-10-9-11-29-34(26)32-17-33(45(8)36(29)47)35-44-30-13-12-27(16-31(30)46(32)35)28-18-42-37(43-19-28)39(41)20-38(7,21-39)22-40/h9-13,16,18-19,23-25,32-33H,17,20-21,41H2,1-8H3/t32-,33-,38?,39?/m1/s1/i8D3. The molecule has 1 amide bonds. The van der Waals surface area contributed by atoms with Gasteiger partial charge in [-0.3, -0.25) is 4.79 Å². The van der Waals surface area contributed by atoms with Crippen LogP contribution in [0.1, 0.15) is 117 Å². The predicted molar refractivity (Wildman–Crippen MR) is 192 cm³/mol. The number of nitrogens with two attached hydrogens (primary N) is 1. The van der Waals surface area contributed by atoms with Crippen molar-refractivity contribution in [3.63, 3.8) is 0 Å². The first-order valence-electron chi connectivity index (χ1n) is 18.5. The van der Waals surface area contributed by atoms with Gasteiger partial charge in [-0.05, 0) is 66.2 Å². The van der Waals surface area contributed by atoms with Gasteiger partial charge < -0.3 is 15.2 Å². The Morgan fingerprint density at radius 3 is 2.33 bits per heavy atom. The fraction of sp³-hybridized carbons (Fsp3) is 0.462. The molecule has 7 rings (SSSR count). The first-order valence-corrected chi connectivity index (χ1v) is 19.2. The van der Waals surface area contributed by atoms with Crippen molar-refractivity contribution in [3.8, 4) is 28.7 Å². The van der Waals surface area contributed by atoms with Gasteiger partial charge in [0.15, 0.2) is 0 Å². The number of carbonyl (C=O) groups excluding carboxylic acids is 1. The maximum atomic E-state index is 14.2. The Hall–Kier alpha value is -4.31. The van der Waals surface area contributed by atoms with E-state index in [1.807, 2.05) is 37.3 Å². The van der Waals surface area contributed by atoms with Crippen molar-refractivity contribution >= 4 is 25.0 Å². The summed E-state index contributed by atoms with van der Waals surface area (Å²) in [6.07, 6.45) is 4.92. The summed E-state index contributed by atoms with van der Waals surface area (Å²) < 4.78 is 27.6. The third kappa shape index (κ3) is 4.66. The van der Waals surface area contributed by atoms with Gasteiger partial charge in [-0.25, -0.2) is 15.0 Å². The van der Waals surface area contributed by atoms with Crippen LogP contribution in [-0.2, 0) is 5.54 Å². The molecule has 2 aromatic carbocycles. The first-order chi connectivity index (χ1) is 23.9. The second-order valence-corrected chi connectivity index (χ2v) is 21.0. The molecule has 2 atom stereocenters. The monoisotopic (exact) mass is 658 g/mol. The number of amides is 1. The van der Waals surface area contributed by atoms with Gasteiger partial charge in [0.1, 0.15) is 19.7 Å². The summed E-state index contributed by atoms with van der Waals surface area (Å²) in [5.41, 5.74) is 15.6. The largest absolute Gasteiger partial charge is 0.331 e. The van der Waals surface area contributed by atoms with Gasteiger partial charge in [0.25, 0.3) is 5.91 Å². The van der Waals surface area contributed by atoms with Crippen LogP contribution in [0.3, 0.4) is 0 Å².